The summed E-state index contributed by atoms with van der Waals surface area (Å²) in [5, 5.41) is 1.06. The number of nitrogens with zero attached hydrogens (tertiary/aromatic N) is 1. The van der Waals surface area contributed by atoms with E-state index in [4.69, 9.17) is 0 Å². The molecule has 15 heavy (non-hydrogen) atoms. The van der Waals surface area contributed by atoms with Crippen LogP contribution in [0, 0.1) is 0 Å². The number of fused-ring (bicyclic) bond motifs is 3. The first kappa shape index (κ1) is 8.73. The van der Waals surface area contributed by atoms with Gasteiger partial charge >= 0.3 is 5.69 Å². The number of benzene rings is 1. The number of H-pyrrole nitrogens is 1. The maximum Gasteiger partial charge on any atom is 0.330 e. The van der Waals surface area contributed by atoms with Crippen molar-refractivity contribution in [3.63, 3.8) is 0 Å². The molecule has 74 valence electrons. The molecule has 1 N–H and O–H groups in total. The van der Waals surface area contributed by atoms with E-state index in [1.807, 2.05) is 30.3 Å². The zero-order chi connectivity index (χ0) is 10.4. The summed E-state index contributed by atoms with van der Waals surface area (Å²) >= 11 is 3.40. The molecular formula is C11H7BrN2O. The summed E-state index contributed by atoms with van der Waals surface area (Å²) in [5.74, 6) is 0. The molecule has 3 rings (SSSR count). The van der Waals surface area contributed by atoms with Crippen molar-refractivity contribution in [1.82, 2.24) is 9.38 Å². The molecule has 0 saturated carbocycles. The van der Waals surface area contributed by atoms with Gasteiger partial charge in [-0.15, -0.1) is 0 Å². The lowest BCUT2D eigenvalue weighted by Crippen LogP contribution is -2.14. The monoisotopic (exact) mass is 262 g/mol. The van der Waals surface area contributed by atoms with Gasteiger partial charge in [-0.25, -0.2) is 4.79 Å². The van der Waals surface area contributed by atoms with Crippen LogP contribution in [0.5, 0.6) is 0 Å². The van der Waals surface area contributed by atoms with Crippen molar-refractivity contribution in [2.24, 2.45) is 0 Å². The maximum absolute atomic E-state index is 11.7. The molecule has 0 saturated heterocycles. The number of aromatic nitrogens is 2. The third kappa shape index (κ3) is 1.22. The normalized spacial score (nSPS) is 11.3. The smallest absolute Gasteiger partial charge is 0.314 e. The van der Waals surface area contributed by atoms with Crippen molar-refractivity contribution < 1.29 is 0 Å². The van der Waals surface area contributed by atoms with Gasteiger partial charge in [-0.05, 0) is 24.3 Å². The Morgan fingerprint density at radius 2 is 2.07 bits per heavy atom. The second-order valence-electron chi connectivity index (χ2n) is 3.39. The van der Waals surface area contributed by atoms with E-state index in [0.29, 0.717) is 0 Å². The Hall–Kier alpha value is -1.55. The Balaban J connectivity index is 2.67. The fraction of sp³-hybridized carbons (Fsp3) is 0. The average molecular weight is 263 g/mol. The van der Waals surface area contributed by atoms with E-state index in [-0.39, 0.29) is 5.69 Å². The second-order valence-corrected chi connectivity index (χ2v) is 4.31. The van der Waals surface area contributed by atoms with E-state index in [1.54, 1.807) is 10.6 Å². The first-order valence-electron chi connectivity index (χ1n) is 4.54. The van der Waals surface area contributed by atoms with Gasteiger partial charge in [0.25, 0.3) is 0 Å². The van der Waals surface area contributed by atoms with Crippen LogP contribution in [0.1, 0.15) is 0 Å². The number of rotatable bonds is 0. The third-order valence-corrected chi connectivity index (χ3v) is 2.95. The summed E-state index contributed by atoms with van der Waals surface area (Å²) in [6.45, 7) is 0. The second kappa shape index (κ2) is 2.97. The van der Waals surface area contributed by atoms with Gasteiger partial charge < -0.3 is 4.98 Å². The molecule has 0 amide bonds. The molecule has 0 spiro atoms. The first-order chi connectivity index (χ1) is 7.25. The van der Waals surface area contributed by atoms with Crippen molar-refractivity contribution in [1.29, 1.82) is 0 Å². The van der Waals surface area contributed by atoms with Crippen molar-refractivity contribution in [3.05, 3.63) is 51.5 Å². The van der Waals surface area contributed by atoms with E-state index < -0.39 is 0 Å². The molecule has 3 aromatic rings. The van der Waals surface area contributed by atoms with Crippen LogP contribution in [-0.4, -0.2) is 9.38 Å². The first-order valence-corrected chi connectivity index (χ1v) is 5.33. The minimum Gasteiger partial charge on any atom is -0.314 e. The van der Waals surface area contributed by atoms with Crippen molar-refractivity contribution >= 4 is 32.3 Å². The fourth-order valence-corrected chi connectivity index (χ4v) is 2.16. The molecule has 0 unspecified atom stereocenters. The summed E-state index contributed by atoms with van der Waals surface area (Å²) in [6, 6.07) is 9.78. The summed E-state index contributed by atoms with van der Waals surface area (Å²) in [6.07, 6.45) is 1.66. The van der Waals surface area contributed by atoms with Gasteiger partial charge in [0.15, 0.2) is 0 Å². The van der Waals surface area contributed by atoms with E-state index in [9.17, 15) is 4.79 Å². The number of halogens is 1. The average Bonchev–Trinajstić information content (AvgIpc) is 2.57. The van der Waals surface area contributed by atoms with Gasteiger partial charge in [-0.3, -0.25) is 4.40 Å². The number of aromatic amines is 1. The van der Waals surface area contributed by atoms with Crippen LogP contribution in [-0.2, 0) is 0 Å². The van der Waals surface area contributed by atoms with Gasteiger partial charge in [0.2, 0.25) is 0 Å². The van der Waals surface area contributed by atoms with Gasteiger partial charge in [0.1, 0.15) is 0 Å². The van der Waals surface area contributed by atoms with Crippen LogP contribution >= 0.6 is 15.9 Å². The molecule has 0 radical (unpaired) electrons. The number of hydrogen-bond donors (Lipinski definition) is 1. The molecule has 0 aliphatic carbocycles. The van der Waals surface area contributed by atoms with E-state index >= 15 is 0 Å². The zero-order valence-electron chi connectivity index (χ0n) is 7.70. The standard InChI is InChI=1S/C11H7BrN2O/c12-8-2-1-7-5-9-3-4-13-11(15)14(9)10(7)6-8/h1-6H,(H,13,15). The largest absolute Gasteiger partial charge is 0.330 e. The van der Waals surface area contributed by atoms with Gasteiger partial charge in [-0.1, -0.05) is 22.0 Å². The Kier molecular flexibility index (Phi) is 1.73. The highest BCUT2D eigenvalue weighted by Crippen LogP contribution is 2.22. The third-order valence-electron chi connectivity index (χ3n) is 2.46. The molecule has 0 aliphatic rings. The molecule has 0 atom stereocenters. The molecule has 0 aliphatic heterocycles. The van der Waals surface area contributed by atoms with Crippen LogP contribution in [0.4, 0.5) is 0 Å². The highest BCUT2D eigenvalue weighted by molar-refractivity contribution is 9.10. The maximum atomic E-state index is 11.7. The SMILES string of the molecule is O=c1[nH]ccc2cc3ccc(Br)cc3n12. The summed E-state index contributed by atoms with van der Waals surface area (Å²) in [5.41, 5.74) is 1.72. The van der Waals surface area contributed by atoms with Crippen LogP contribution < -0.4 is 5.69 Å². The lowest BCUT2D eigenvalue weighted by Gasteiger charge is -1.95. The molecule has 3 nitrogen and oxygen atoms in total. The van der Waals surface area contributed by atoms with Crippen LogP contribution in [0.15, 0.2) is 45.8 Å². The van der Waals surface area contributed by atoms with Gasteiger partial charge in [0, 0.05) is 16.1 Å². The fourth-order valence-electron chi connectivity index (χ4n) is 1.81. The Bertz CT molecular complexity index is 711. The van der Waals surface area contributed by atoms with Crippen LogP contribution in [0.3, 0.4) is 0 Å². The summed E-state index contributed by atoms with van der Waals surface area (Å²) < 4.78 is 2.64. The van der Waals surface area contributed by atoms with Gasteiger partial charge in [0.05, 0.1) is 11.0 Å². The predicted octanol–water partition coefficient (Wildman–Crippen LogP) is 2.54. The van der Waals surface area contributed by atoms with Crippen LogP contribution in [0.2, 0.25) is 0 Å². The number of nitrogens with one attached hydrogen (secondary N) is 1. The molecular weight excluding hydrogens is 256 g/mol. The van der Waals surface area contributed by atoms with E-state index in [0.717, 1.165) is 20.9 Å². The van der Waals surface area contributed by atoms with E-state index in [2.05, 4.69) is 20.9 Å². The lowest BCUT2D eigenvalue weighted by molar-refractivity contribution is 1.04. The predicted molar refractivity (Wildman–Crippen MR) is 63.2 cm³/mol. The van der Waals surface area contributed by atoms with Crippen molar-refractivity contribution in [3.8, 4) is 0 Å². The molecule has 1 aromatic carbocycles. The Morgan fingerprint density at radius 3 is 2.93 bits per heavy atom. The minimum absolute atomic E-state index is 0.111. The van der Waals surface area contributed by atoms with Crippen molar-refractivity contribution in [2.75, 3.05) is 0 Å². The number of hydrogen-bond acceptors (Lipinski definition) is 1. The highest BCUT2D eigenvalue weighted by Gasteiger charge is 2.04. The zero-order valence-corrected chi connectivity index (χ0v) is 9.28. The molecule has 2 aromatic heterocycles. The Labute approximate surface area is 93.5 Å². The van der Waals surface area contributed by atoms with Gasteiger partial charge in [-0.2, -0.15) is 0 Å². The topological polar surface area (TPSA) is 37.3 Å². The summed E-state index contributed by atoms with van der Waals surface area (Å²) in [4.78, 5) is 14.3. The van der Waals surface area contributed by atoms with Crippen molar-refractivity contribution in [2.45, 2.75) is 0 Å². The highest BCUT2D eigenvalue weighted by atomic mass is 79.9. The lowest BCUT2D eigenvalue weighted by atomic mass is 10.2. The minimum atomic E-state index is -0.111. The molecule has 2 heterocycles. The van der Waals surface area contributed by atoms with E-state index in [1.165, 1.54) is 0 Å². The molecule has 0 fully saturated rings. The molecule has 4 heteroatoms. The molecule has 0 bridgehead atoms. The van der Waals surface area contributed by atoms with Crippen LogP contribution in [0.25, 0.3) is 16.4 Å². The quantitative estimate of drug-likeness (QED) is 0.665. The summed E-state index contributed by atoms with van der Waals surface area (Å²) in [7, 11) is 0. The Morgan fingerprint density at radius 1 is 1.20 bits per heavy atom.